The molecule has 162 valence electrons. The van der Waals surface area contributed by atoms with Gasteiger partial charge < -0.3 is 4.74 Å². The van der Waals surface area contributed by atoms with E-state index < -0.39 is 5.82 Å². The summed E-state index contributed by atoms with van der Waals surface area (Å²) in [5.41, 5.74) is 1.81. The van der Waals surface area contributed by atoms with Crippen LogP contribution in [0, 0.1) is 5.82 Å². The highest BCUT2D eigenvalue weighted by Crippen LogP contribution is 2.34. The second-order valence-electron chi connectivity index (χ2n) is 6.92. The van der Waals surface area contributed by atoms with Gasteiger partial charge >= 0.3 is 0 Å². The summed E-state index contributed by atoms with van der Waals surface area (Å²) in [5, 5.41) is -0.0292. The zero-order chi connectivity index (χ0) is 22.7. The monoisotopic (exact) mass is 531 g/mol. The summed E-state index contributed by atoms with van der Waals surface area (Å²) in [4.78, 5) is 26.8. The number of carbonyl (C=O) groups excluding carboxylic acids is 2. The van der Waals surface area contributed by atoms with Crippen molar-refractivity contribution in [3.63, 3.8) is 0 Å². The molecular weight excluding hydrogens is 517 g/mol. The van der Waals surface area contributed by atoms with Crippen molar-refractivity contribution in [1.82, 2.24) is 4.90 Å². The zero-order valence-electron chi connectivity index (χ0n) is 16.6. The van der Waals surface area contributed by atoms with Crippen LogP contribution < -0.4 is 4.74 Å². The Morgan fingerprint density at radius 3 is 2.62 bits per heavy atom. The Morgan fingerprint density at radius 1 is 1.06 bits per heavy atom. The predicted molar refractivity (Wildman–Crippen MR) is 128 cm³/mol. The topological polar surface area (TPSA) is 46.6 Å². The Balaban J connectivity index is 1.49. The third kappa shape index (κ3) is 5.06. The number of imide groups is 1. The van der Waals surface area contributed by atoms with Gasteiger partial charge in [-0.05, 0) is 59.3 Å². The minimum Gasteiger partial charge on any atom is -0.489 e. The quantitative estimate of drug-likeness (QED) is 0.319. The van der Waals surface area contributed by atoms with E-state index in [-0.39, 0.29) is 29.9 Å². The molecule has 3 aromatic carbocycles. The van der Waals surface area contributed by atoms with E-state index >= 15 is 0 Å². The number of amides is 2. The highest BCUT2D eigenvalue weighted by Gasteiger charge is 2.35. The van der Waals surface area contributed by atoms with E-state index in [4.69, 9.17) is 16.3 Å². The van der Waals surface area contributed by atoms with Crippen LogP contribution in [0.25, 0.3) is 6.08 Å². The van der Waals surface area contributed by atoms with Gasteiger partial charge in [-0.15, -0.1) is 0 Å². The molecule has 0 atom stereocenters. The summed E-state index contributed by atoms with van der Waals surface area (Å²) in [5.74, 6) is -0.293. The van der Waals surface area contributed by atoms with E-state index in [1.165, 1.54) is 17.0 Å². The van der Waals surface area contributed by atoms with E-state index in [1.54, 1.807) is 36.4 Å². The second-order valence-corrected chi connectivity index (χ2v) is 9.18. The first-order valence-corrected chi connectivity index (χ1v) is 11.6. The maximum absolute atomic E-state index is 13.9. The van der Waals surface area contributed by atoms with Gasteiger partial charge in [-0.25, -0.2) is 4.39 Å². The molecule has 1 fully saturated rings. The minimum absolute atomic E-state index is 0.0303. The molecule has 0 spiro atoms. The minimum atomic E-state index is -0.438. The van der Waals surface area contributed by atoms with Crippen molar-refractivity contribution in [1.29, 1.82) is 0 Å². The van der Waals surface area contributed by atoms with Crippen molar-refractivity contribution in [2.45, 2.75) is 13.2 Å². The first-order valence-electron chi connectivity index (χ1n) is 9.57. The molecule has 0 aromatic heterocycles. The lowest BCUT2D eigenvalue weighted by molar-refractivity contribution is -0.123. The summed E-state index contributed by atoms with van der Waals surface area (Å²) in [7, 11) is 0. The molecule has 4 nitrogen and oxygen atoms in total. The van der Waals surface area contributed by atoms with E-state index in [0.717, 1.165) is 21.8 Å². The Hall–Kier alpha value is -2.61. The fourth-order valence-corrected chi connectivity index (χ4v) is 4.57. The zero-order valence-corrected chi connectivity index (χ0v) is 19.7. The fourth-order valence-electron chi connectivity index (χ4n) is 3.10. The Morgan fingerprint density at radius 2 is 1.84 bits per heavy atom. The van der Waals surface area contributed by atoms with Crippen LogP contribution >= 0.6 is 39.3 Å². The summed E-state index contributed by atoms with van der Waals surface area (Å²) in [6.45, 7) is 0.160. The molecule has 0 N–H and O–H groups in total. The number of ether oxygens (including phenoxy) is 1. The highest BCUT2D eigenvalue weighted by molar-refractivity contribution is 9.10. The molecule has 0 aliphatic carbocycles. The van der Waals surface area contributed by atoms with Crippen LogP contribution in [-0.2, 0) is 17.9 Å². The van der Waals surface area contributed by atoms with Crippen molar-refractivity contribution in [2.24, 2.45) is 0 Å². The van der Waals surface area contributed by atoms with Crippen molar-refractivity contribution in [2.75, 3.05) is 0 Å². The summed E-state index contributed by atoms with van der Waals surface area (Å²) >= 11 is 10.4. The molecule has 3 aromatic rings. The number of halogens is 3. The third-order valence-corrected chi connectivity index (χ3v) is 6.80. The number of thioether (sulfide) groups is 1. The summed E-state index contributed by atoms with van der Waals surface area (Å²) in [6.07, 6.45) is 1.65. The van der Waals surface area contributed by atoms with Gasteiger partial charge in [-0.3, -0.25) is 14.5 Å². The van der Waals surface area contributed by atoms with Crippen LogP contribution in [0.2, 0.25) is 5.02 Å². The number of carbonyl (C=O) groups is 2. The molecule has 4 rings (SSSR count). The lowest BCUT2D eigenvalue weighted by Gasteiger charge is -2.13. The number of nitrogens with zero attached hydrogens (tertiary/aromatic N) is 1. The second kappa shape index (κ2) is 9.90. The largest absolute Gasteiger partial charge is 0.489 e. The number of hydrogen-bond donors (Lipinski definition) is 0. The molecule has 0 saturated carbocycles. The van der Waals surface area contributed by atoms with Crippen LogP contribution in [0.4, 0.5) is 9.18 Å². The molecule has 1 aliphatic heterocycles. The third-order valence-electron chi connectivity index (χ3n) is 4.76. The Labute approximate surface area is 202 Å². The van der Waals surface area contributed by atoms with E-state index in [1.807, 2.05) is 24.3 Å². The number of benzene rings is 3. The fraction of sp³-hybridized carbons (Fsp3) is 0.0833. The summed E-state index contributed by atoms with van der Waals surface area (Å²) < 4.78 is 20.5. The number of hydrogen-bond acceptors (Lipinski definition) is 4. The lowest BCUT2D eigenvalue weighted by Crippen LogP contribution is -2.27. The van der Waals surface area contributed by atoms with Gasteiger partial charge in [0.2, 0.25) is 0 Å². The molecule has 0 unspecified atom stereocenters. The van der Waals surface area contributed by atoms with Crippen LogP contribution in [-0.4, -0.2) is 16.0 Å². The standard InChI is InChI=1S/C24H16BrClFNO3S/c25-19-8-2-1-6-16(19)13-28-23(29)22(32-24(28)30)12-15-5-3-7-17(11-15)31-14-18-20(26)9-4-10-21(18)27/h1-12H,13-14H2/b22-12+. The summed E-state index contributed by atoms with van der Waals surface area (Å²) in [6, 6.07) is 18.9. The van der Waals surface area contributed by atoms with Gasteiger partial charge in [0.05, 0.1) is 16.5 Å². The van der Waals surface area contributed by atoms with Gasteiger partial charge in [-0.1, -0.05) is 63.9 Å². The molecule has 0 bridgehead atoms. The highest BCUT2D eigenvalue weighted by atomic mass is 79.9. The average molecular weight is 533 g/mol. The maximum Gasteiger partial charge on any atom is 0.293 e. The van der Waals surface area contributed by atoms with Crippen LogP contribution in [0.15, 0.2) is 76.1 Å². The normalized spacial score (nSPS) is 15.0. The molecule has 1 heterocycles. The van der Waals surface area contributed by atoms with E-state index in [9.17, 15) is 14.0 Å². The van der Waals surface area contributed by atoms with Crippen LogP contribution in [0.3, 0.4) is 0 Å². The molecule has 8 heteroatoms. The Bertz CT molecular complexity index is 1210. The maximum atomic E-state index is 13.9. The Kier molecular flexibility index (Phi) is 6.98. The van der Waals surface area contributed by atoms with Crippen LogP contribution in [0.1, 0.15) is 16.7 Å². The predicted octanol–water partition coefficient (Wildman–Crippen LogP) is 7.06. The molecule has 0 radical (unpaired) electrons. The van der Waals surface area contributed by atoms with Crippen LogP contribution in [0.5, 0.6) is 5.75 Å². The van der Waals surface area contributed by atoms with E-state index in [2.05, 4.69) is 15.9 Å². The van der Waals surface area contributed by atoms with Gasteiger partial charge in [0.1, 0.15) is 18.2 Å². The molecule has 1 saturated heterocycles. The van der Waals surface area contributed by atoms with Crippen molar-refractivity contribution < 1.29 is 18.7 Å². The van der Waals surface area contributed by atoms with Crippen molar-refractivity contribution in [3.05, 3.63) is 104 Å². The molecule has 32 heavy (non-hydrogen) atoms. The van der Waals surface area contributed by atoms with E-state index in [0.29, 0.717) is 21.2 Å². The molecule has 2 amide bonds. The molecular formula is C24H16BrClFNO3S. The van der Waals surface area contributed by atoms with Gasteiger partial charge in [-0.2, -0.15) is 0 Å². The first kappa shape index (κ1) is 22.6. The number of rotatable bonds is 6. The van der Waals surface area contributed by atoms with Crippen molar-refractivity contribution >= 4 is 56.5 Å². The molecule has 1 aliphatic rings. The smallest absolute Gasteiger partial charge is 0.293 e. The van der Waals surface area contributed by atoms with Gasteiger partial charge in [0, 0.05) is 10.0 Å². The first-order chi connectivity index (χ1) is 15.4. The van der Waals surface area contributed by atoms with Crippen molar-refractivity contribution in [3.8, 4) is 5.75 Å². The lowest BCUT2D eigenvalue weighted by atomic mass is 10.2. The average Bonchev–Trinajstić information content (AvgIpc) is 3.02. The van der Waals surface area contributed by atoms with Gasteiger partial charge in [0.15, 0.2) is 0 Å². The van der Waals surface area contributed by atoms with Gasteiger partial charge in [0.25, 0.3) is 11.1 Å². The SMILES string of the molecule is O=C1S/C(=C/c2cccc(OCc3c(F)cccc3Cl)c2)C(=O)N1Cc1ccccc1Br.